The van der Waals surface area contributed by atoms with Gasteiger partial charge in [-0.2, -0.15) is 5.10 Å². The van der Waals surface area contributed by atoms with Gasteiger partial charge in [0.25, 0.3) is 0 Å². The van der Waals surface area contributed by atoms with Crippen LogP contribution in [0.15, 0.2) is 92.7 Å². The number of fused-ring (bicyclic) bond motifs is 1. The SMILES string of the molecule is CC(=Nn1c(-c2ccc(Br)cc2)csc1=NCc1ccccc1)c1ccc2c(c1)OCO2. The molecule has 0 spiro atoms. The molecule has 0 radical (unpaired) electrons. The summed E-state index contributed by atoms with van der Waals surface area (Å²) < 4.78 is 13.9. The van der Waals surface area contributed by atoms with E-state index in [-0.39, 0.29) is 6.79 Å². The molecule has 0 unspecified atom stereocenters. The highest BCUT2D eigenvalue weighted by Crippen LogP contribution is 2.32. The largest absolute Gasteiger partial charge is 0.454 e. The van der Waals surface area contributed by atoms with E-state index in [1.165, 1.54) is 0 Å². The first kappa shape index (κ1) is 20.7. The maximum Gasteiger partial charge on any atom is 0.231 e. The summed E-state index contributed by atoms with van der Waals surface area (Å²) in [7, 11) is 0. The van der Waals surface area contributed by atoms with Gasteiger partial charge in [-0.05, 0) is 42.8 Å². The van der Waals surface area contributed by atoms with Crippen molar-refractivity contribution in [1.29, 1.82) is 0 Å². The molecule has 7 heteroatoms. The molecular weight excluding hydrogens is 486 g/mol. The van der Waals surface area contributed by atoms with E-state index in [4.69, 9.17) is 19.6 Å². The van der Waals surface area contributed by atoms with Crippen molar-refractivity contribution in [3.63, 3.8) is 0 Å². The summed E-state index contributed by atoms with van der Waals surface area (Å²) in [6, 6.07) is 24.4. The zero-order chi connectivity index (χ0) is 21.9. The monoisotopic (exact) mass is 505 g/mol. The van der Waals surface area contributed by atoms with Crippen molar-refractivity contribution in [3.8, 4) is 22.8 Å². The average molecular weight is 506 g/mol. The van der Waals surface area contributed by atoms with Crippen LogP contribution in [0.4, 0.5) is 0 Å². The van der Waals surface area contributed by atoms with E-state index in [2.05, 4.69) is 45.6 Å². The first-order chi connectivity index (χ1) is 15.7. The van der Waals surface area contributed by atoms with Gasteiger partial charge < -0.3 is 9.47 Å². The molecule has 0 amide bonds. The van der Waals surface area contributed by atoms with E-state index in [0.717, 1.165) is 48.9 Å². The number of nitrogens with zero attached hydrogens (tertiary/aromatic N) is 3. The Balaban J connectivity index is 1.58. The molecule has 0 fully saturated rings. The van der Waals surface area contributed by atoms with Gasteiger partial charge in [0.15, 0.2) is 11.5 Å². The minimum Gasteiger partial charge on any atom is -0.454 e. The molecule has 5 rings (SSSR count). The van der Waals surface area contributed by atoms with Crippen LogP contribution in [0, 0.1) is 0 Å². The molecule has 0 saturated carbocycles. The summed E-state index contributed by atoms with van der Waals surface area (Å²) in [5.74, 6) is 1.51. The quantitative estimate of drug-likeness (QED) is 0.308. The Morgan fingerprint density at radius 3 is 2.59 bits per heavy atom. The highest BCUT2D eigenvalue weighted by Gasteiger charge is 2.15. The summed E-state index contributed by atoms with van der Waals surface area (Å²) in [6.45, 7) is 2.85. The molecule has 0 aliphatic carbocycles. The van der Waals surface area contributed by atoms with Crippen LogP contribution >= 0.6 is 27.3 Å². The van der Waals surface area contributed by atoms with Crippen LogP contribution in [0.25, 0.3) is 11.3 Å². The zero-order valence-electron chi connectivity index (χ0n) is 17.4. The Morgan fingerprint density at radius 2 is 1.78 bits per heavy atom. The van der Waals surface area contributed by atoms with Gasteiger partial charge in [0, 0.05) is 21.0 Å². The van der Waals surface area contributed by atoms with E-state index < -0.39 is 0 Å². The maximum absolute atomic E-state index is 5.54. The lowest BCUT2D eigenvalue weighted by Crippen LogP contribution is -2.14. The fourth-order valence-electron chi connectivity index (χ4n) is 3.39. The Bertz CT molecular complexity index is 1340. The summed E-state index contributed by atoms with van der Waals surface area (Å²) in [4.78, 5) is 5.70. The third-order valence-corrected chi connectivity index (χ3v) is 6.49. The van der Waals surface area contributed by atoms with Crippen LogP contribution in [-0.2, 0) is 6.54 Å². The van der Waals surface area contributed by atoms with Crippen LogP contribution in [0.1, 0.15) is 18.1 Å². The zero-order valence-corrected chi connectivity index (χ0v) is 19.8. The number of ether oxygens (including phenoxy) is 2. The molecular formula is C25H20BrN3O2S. The molecule has 0 bridgehead atoms. The fourth-order valence-corrected chi connectivity index (χ4v) is 4.49. The van der Waals surface area contributed by atoms with E-state index in [1.54, 1.807) is 11.3 Å². The number of thiazole rings is 1. The van der Waals surface area contributed by atoms with Gasteiger partial charge in [-0.1, -0.05) is 58.4 Å². The Labute approximate surface area is 198 Å². The average Bonchev–Trinajstić information content (AvgIpc) is 3.45. The molecule has 0 saturated heterocycles. The predicted octanol–water partition coefficient (Wildman–Crippen LogP) is 6.08. The van der Waals surface area contributed by atoms with E-state index in [0.29, 0.717) is 6.54 Å². The first-order valence-corrected chi connectivity index (χ1v) is 11.8. The summed E-state index contributed by atoms with van der Waals surface area (Å²) in [6.07, 6.45) is 0. The number of aromatic nitrogens is 1. The molecule has 0 atom stereocenters. The lowest BCUT2D eigenvalue weighted by Gasteiger charge is -2.07. The number of hydrogen-bond acceptors (Lipinski definition) is 5. The molecule has 5 nitrogen and oxygen atoms in total. The molecule has 160 valence electrons. The molecule has 3 aromatic carbocycles. The summed E-state index contributed by atoms with van der Waals surface area (Å²) >= 11 is 5.10. The minimum atomic E-state index is 0.254. The van der Waals surface area contributed by atoms with Crippen LogP contribution in [0.3, 0.4) is 0 Å². The van der Waals surface area contributed by atoms with Gasteiger partial charge in [-0.15, -0.1) is 11.3 Å². The van der Waals surface area contributed by atoms with Crippen LogP contribution < -0.4 is 14.3 Å². The van der Waals surface area contributed by atoms with Crippen molar-refractivity contribution in [2.75, 3.05) is 6.79 Å². The number of benzene rings is 3. The molecule has 32 heavy (non-hydrogen) atoms. The van der Waals surface area contributed by atoms with Crippen molar-refractivity contribution < 1.29 is 9.47 Å². The molecule has 1 aromatic heterocycles. The van der Waals surface area contributed by atoms with Gasteiger partial charge in [0.2, 0.25) is 11.6 Å². The van der Waals surface area contributed by atoms with Crippen LogP contribution in [0.2, 0.25) is 0 Å². The molecule has 0 N–H and O–H groups in total. The summed E-state index contributed by atoms with van der Waals surface area (Å²) in [5, 5.41) is 7.07. The van der Waals surface area contributed by atoms with Gasteiger partial charge in [0.1, 0.15) is 0 Å². The second-order valence-electron chi connectivity index (χ2n) is 7.28. The van der Waals surface area contributed by atoms with E-state index >= 15 is 0 Å². The standard InChI is InChI=1S/C25H20BrN3O2S/c1-17(20-9-12-23-24(13-20)31-16-30-23)28-29-22(19-7-10-21(26)11-8-19)15-32-25(29)27-14-18-5-3-2-4-6-18/h2-13,15H,14,16H2,1H3. The number of halogens is 1. The second-order valence-corrected chi connectivity index (χ2v) is 9.03. The Morgan fingerprint density at radius 1 is 1.00 bits per heavy atom. The number of rotatable bonds is 5. The smallest absolute Gasteiger partial charge is 0.231 e. The molecule has 1 aliphatic rings. The van der Waals surface area contributed by atoms with E-state index in [9.17, 15) is 0 Å². The van der Waals surface area contributed by atoms with Crippen LogP contribution in [0.5, 0.6) is 11.5 Å². The molecule has 2 heterocycles. The Hall–Kier alpha value is -3.16. The molecule has 4 aromatic rings. The van der Waals surface area contributed by atoms with Gasteiger partial charge in [-0.25, -0.2) is 4.68 Å². The normalized spacial score (nSPS) is 13.6. The summed E-state index contributed by atoms with van der Waals surface area (Å²) in [5.41, 5.74) is 5.07. The third kappa shape index (κ3) is 4.40. The number of hydrogen-bond donors (Lipinski definition) is 0. The van der Waals surface area contributed by atoms with Crippen LogP contribution in [-0.4, -0.2) is 17.2 Å². The lowest BCUT2D eigenvalue weighted by atomic mass is 10.1. The predicted molar refractivity (Wildman–Crippen MR) is 131 cm³/mol. The first-order valence-electron chi connectivity index (χ1n) is 10.1. The maximum atomic E-state index is 5.54. The van der Waals surface area contributed by atoms with Gasteiger partial charge in [0.05, 0.1) is 18.0 Å². The minimum absolute atomic E-state index is 0.254. The van der Waals surface area contributed by atoms with Gasteiger partial charge >= 0.3 is 0 Å². The van der Waals surface area contributed by atoms with Crippen molar-refractivity contribution >= 4 is 33.0 Å². The lowest BCUT2D eigenvalue weighted by molar-refractivity contribution is 0.174. The second kappa shape index (κ2) is 9.14. The molecule has 1 aliphatic heterocycles. The highest BCUT2D eigenvalue weighted by molar-refractivity contribution is 9.10. The van der Waals surface area contributed by atoms with Crippen molar-refractivity contribution in [1.82, 2.24) is 4.68 Å². The Kier molecular flexibility index (Phi) is 5.92. The van der Waals surface area contributed by atoms with Crippen molar-refractivity contribution in [2.45, 2.75) is 13.5 Å². The fraction of sp³-hybridized carbons (Fsp3) is 0.120. The third-order valence-electron chi connectivity index (χ3n) is 5.11. The highest BCUT2D eigenvalue weighted by atomic mass is 79.9. The van der Waals surface area contributed by atoms with Crippen molar-refractivity contribution in [2.24, 2.45) is 10.1 Å². The topological polar surface area (TPSA) is 48.1 Å². The van der Waals surface area contributed by atoms with Crippen molar-refractivity contribution in [3.05, 3.63) is 98.6 Å². The van der Waals surface area contributed by atoms with Gasteiger partial charge in [-0.3, -0.25) is 4.99 Å². The van der Waals surface area contributed by atoms with E-state index in [1.807, 2.05) is 60.1 Å².